The number of aromatic amines is 1. The molecule has 2 N–H and O–H groups in total. The Balaban J connectivity index is 2.24. The fourth-order valence-corrected chi connectivity index (χ4v) is 1.89. The lowest BCUT2D eigenvalue weighted by Crippen LogP contribution is -2.15. The molecule has 1 aromatic heterocycles. The van der Waals surface area contributed by atoms with Crippen LogP contribution in [0, 0.1) is 0 Å². The van der Waals surface area contributed by atoms with E-state index in [0.717, 1.165) is 5.56 Å². The van der Waals surface area contributed by atoms with Gasteiger partial charge in [0.25, 0.3) is 5.91 Å². The Labute approximate surface area is 115 Å². The van der Waals surface area contributed by atoms with Crippen LogP contribution in [-0.4, -0.2) is 10.9 Å². The molecule has 0 bridgehead atoms. The maximum atomic E-state index is 12.0. The van der Waals surface area contributed by atoms with Crippen LogP contribution in [0.1, 0.15) is 28.2 Å². The molecule has 2 aromatic rings. The highest BCUT2D eigenvalue weighted by atomic mass is 35.5. The first-order valence-corrected chi connectivity index (χ1v) is 6.24. The van der Waals surface area contributed by atoms with Gasteiger partial charge in [-0.25, -0.2) is 0 Å². The van der Waals surface area contributed by atoms with Crippen molar-refractivity contribution >= 4 is 23.2 Å². The number of amides is 1. The second-order valence-corrected chi connectivity index (χ2v) is 4.75. The molecule has 0 radical (unpaired) electrons. The summed E-state index contributed by atoms with van der Waals surface area (Å²) in [6.07, 6.45) is 1.38. The summed E-state index contributed by atoms with van der Waals surface area (Å²) in [7, 11) is 0. The molecule has 0 fully saturated rings. The topological polar surface area (TPSA) is 62.0 Å². The van der Waals surface area contributed by atoms with Crippen molar-refractivity contribution in [3.05, 3.63) is 64.1 Å². The van der Waals surface area contributed by atoms with E-state index in [4.69, 9.17) is 11.6 Å². The number of hydrogen-bond donors (Lipinski definition) is 2. The number of alkyl halides is 1. The van der Waals surface area contributed by atoms with Crippen LogP contribution in [0.5, 0.6) is 0 Å². The first-order chi connectivity index (χ1) is 9.08. The molecule has 2 rings (SSSR count). The highest BCUT2D eigenvalue weighted by molar-refractivity contribution is 6.21. The second-order valence-electron chi connectivity index (χ2n) is 4.10. The molecule has 0 spiro atoms. The summed E-state index contributed by atoms with van der Waals surface area (Å²) in [4.78, 5) is 25.4. The third-order valence-electron chi connectivity index (χ3n) is 2.68. The number of pyridine rings is 1. The van der Waals surface area contributed by atoms with Gasteiger partial charge in [-0.1, -0.05) is 18.2 Å². The van der Waals surface area contributed by atoms with Crippen LogP contribution in [0.3, 0.4) is 0 Å². The van der Waals surface area contributed by atoms with E-state index in [1.54, 1.807) is 6.07 Å². The number of benzene rings is 1. The van der Waals surface area contributed by atoms with Crippen LogP contribution < -0.4 is 10.9 Å². The quantitative estimate of drug-likeness (QED) is 0.847. The predicted molar refractivity (Wildman–Crippen MR) is 75.7 cm³/mol. The molecule has 1 amide bonds. The fraction of sp³-hybridized carbons (Fsp3) is 0.143. The Morgan fingerprint density at radius 3 is 2.63 bits per heavy atom. The number of anilines is 1. The third-order valence-corrected chi connectivity index (χ3v) is 2.92. The molecule has 0 aliphatic carbocycles. The van der Waals surface area contributed by atoms with E-state index in [1.807, 2.05) is 25.1 Å². The summed E-state index contributed by atoms with van der Waals surface area (Å²) >= 11 is 6.06. The van der Waals surface area contributed by atoms with Crippen LogP contribution >= 0.6 is 11.6 Å². The minimum atomic E-state index is -0.291. The highest BCUT2D eigenvalue weighted by Gasteiger charge is 2.11. The van der Waals surface area contributed by atoms with E-state index in [-0.39, 0.29) is 16.8 Å². The molecular formula is C14H13ClN2O2. The lowest BCUT2D eigenvalue weighted by molar-refractivity contribution is 0.102. The SMILES string of the molecule is CC(Cl)c1ccccc1NC(=O)c1ccc(=O)[nH]c1. The Kier molecular flexibility index (Phi) is 4.02. The summed E-state index contributed by atoms with van der Waals surface area (Å²) in [5, 5.41) is 2.58. The van der Waals surface area contributed by atoms with Gasteiger partial charge >= 0.3 is 0 Å². The maximum Gasteiger partial charge on any atom is 0.257 e. The number of carbonyl (C=O) groups excluding carboxylic acids is 1. The van der Waals surface area contributed by atoms with E-state index < -0.39 is 0 Å². The summed E-state index contributed by atoms with van der Waals surface area (Å²) in [5.74, 6) is -0.291. The van der Waals surface area contributed by atoms with E-state index in [2.05, 4.69) is 10.3 Å². The highest BCUT2D eigenvalue weighted by Crippen LogP contribution is 2.27. The molecule has 0 saturated heterocycles. The van der Waals surface area contributed by atoms with Crippen molar-refractivity contribution in [3.8, 4) is 0 Å². The zero-order chi connectivity index (χ0) is 13.8. The molecule has 0 aliphatic rings. The Bertz CT molecular complexity index is 629. The van der Waals surface area contributed by atoms with Crippen LogP contribution in [0.15, 0.2) is 47.4 Å². The predicted octanol–water partition coefficient (Wildman–Crippen LogP) is 2.93. The van der Waals surface area contributed by atoms with Crippen molar-refractivity contribution in [2.75, 3.05) is 5.32 Å². The van der Waals surface area contributed by atoms with Crippen LogP contribution in [0.2, 0.25) is 0 Å². The van der Waals surface area contributed by atoms with Gasteiger partial charge in [-0.05, 0) is 24.6 Å². The summed E-state index contributed by atoms with van der Waals surface area (Å²) in [5.41, 5.74) is 1.66. The molecule has 1 unspecified atom stereocenters. The molecular weight excluding hydrogens is 264 g/mol. The average Bonchev–Trinajstić information content (AvgIpc) is 2.39. The van der Waals surface area contributed by atoms with Gasteiger partial charge in [0, 0.05) is 18.0 Å². The number of hydrogen-bond acceptors (Lipinski definition) is 2. The third kappa shape index (κ3) is 3.23. The van der Waals surface area contributed by atoms with Crippen molar-refractivity contribution in [3.63, 3.8) is 0 Å². The van der Waals surface area contributed by atoms with Gasteiger partial charge in [0.05, 0.1) is 10.9 Å². The van der Waals surface area contributed by atoms with Gasteiger partial charge in [0.1, 0.15) is 0 Å². The Morgan fingerprint density at radius 2 is 2.00 bits per heavy atom. The number of rotatable bonds is 3. The standard InChI is InChI=1S/C14H13ClN2O2/c1-9(15)11-4-2-3-5-12(11)17-14(19)10-6-7-13(18)16-8-10/h2-9H,1H3,(H,16,18)(H,17,19). The van der Waals surface area contributed by atoms with E-state index in [9.17, 15) is 9.59 Å². The van der Waals surface area contributed by atoms with Gasteiger partial charge in [-0.2, -0.15) is 0 Å². The fourth-order valence-electron chi connectivity index (χ4n) is 1.70. The molecule has 5 heteroatoms. The minimum Gasteiger partial charge on any atom is -0.328 e. The lowest BCUT2D eigenvalue weighted by Gasteiger charge is -2.12. The molecule has 0 aliphatic heterocycles. The van der Waals surface area contributed by atoms with Crippen molar-refractivity contribution in [2.45, 2.75) is 12.3 Å². The van der Waals surface area contributed by atoms with Crippen molar-refractivity contribution in [1.29, 1.82) is 0 Å². The van der Waals surface area contributed by atoms with Crippen LogP contribution in [0.25, 0.3) is 0 Å². The summed E-state index contributed by atoms with van der Waals surface area (Å²) in [6, 6.07) is 10.1. The summed E-state index contributed by atoms with van der Waals surface area (Å²) < 4.78 is 0. The minimum absolute atomic E-state index is 0.202. The van der Waals surface area contributed by atoms with Gasteiger partial charge in [0.2, 0.25) is 5.56 Å². The molecule has 0 saturated carbocycles. The first kappa shape index (κ1) is 13.4. The summed E-state index contributed by atoms with van der Waals surface area (Å²) in [6.45, 7) is 1.84. The number of nitrogens with one attached hydrogen (secondary N) is 2. The number of carbonyl (C=O) groups is 1. The van der Waals surface area contributed by atoms with Gasteiger partial charge in [-0.3, -0.25) is 9.59 Å². The second kappa shape index (κ2) is 5.71. The number of aromatic nitrogens is 1. The van der Waals surface area contributed by atoms with Gasteiger partial charge in [-0.15, -0.1) is 11.6 Å². The van der Waals surface area contributed by atoms with Crippen LogP contribution in [0.4, 0.5) is 5.69 Å². The zero-order valence-electron chi connectivity index (χ0n) is 10.3. The number of halogens is 1. The Hall–Kier alpha value is -2.07. The first-order valence-electron chi connectivity index (χ1n) is 5.81. The monoisotopic (exact) mass is 276 g/mol. The molecule has 1 atom stereocenters. The zero-order valence-corrected chi connectivity index (χ0v) is 11.1. The van der Waals surface area contributed by atoms with Gasteiger partial charge < -0.3 is 10.3 Å². The van der Waals surface area contributed by atoms with Crippen molar-refractivity contribution in [1.82, 2.24) is 4.98 Å². The molecule has 4 nitrogen and oxygen atoms in total. The van der Waals surface area contributed by atoms with Crippen molar-refractivity contribution < 1.29 is 4.79 Å². The average molecular weight is 277 g/mol. The van der Waals surface area contributed by atoms with Gasteiger partial charge in [0.15, 0.2) is 0 Å². The van der Waals surface area contributed by atoms with E-state index >= 15 is 0 Å². The molecule has 1 aromatic carbocycles. The maximum absolute atomic E-state index is 12.0. The lowest BCUT2D eigenvalue weighted by atomic mass is 10.1. The normalized spacial score (nSPS) is 11.9. The van der Waals surface area contributed by atoms with E-state index in [1.165, 1.54) is 18.3 Å². The molecule has 19 heavy (non-hydrogen) atoms. The number of para-hydroxylation sites is 1. The van der Waals surface area contributed by atoms with E-state index in [0.29, 0.717) is 11.3 Å². The molecule has 1 heterocycles. The smallest absolute Gasteiger partial charge is 0.257 e. The Morgan fingerprint density at radius 1 is 1.26 bits per heavy atom. The van der Waals surface area contributed by atoms with Crippen LogP contribution in [-0.2, 0) is 0 Å². The largest absolute Gasteiger partial charge is 0.328 e. The van der Waals surface area contributed by atoms with Crippen molar-refractivity contribution in [2.24, 2.45) is 0 Å². The number of H-pyrrole nitrogens is 1. The molecule has 98 valence electrons.